The third-order valence-electron chi connectivity index (χ3n) is 2.38. The molecule has 0 spiro atoms. The number of benzene rings is 1. The highest BCUT2D eigenvalue weighted by Crippen LogP contribution is 2.34. The van der Waals surface area contributed by atoms with Gasteiger partial charge in [-0.15, -0.1) is 0 Å². The number of aliphatic hydroxyl groups is 1. The van der Waals surface area contributed by atoms with E-state index in [-0.39, 0.29) is 12.2 Å². The number of hydrogen-bond donors (Lipinski definition) is 2. The minimum absolute atomic E-state index is 0.131. The Morgan fingerprint density at radius 1 is 1.31 bits per heavy atom. The van der Waals surface area contributed by atoms with Crippen LogP contribution in [0.3, 0.4) is 0 Å². The van der Waals surface area contributed by atoms with Gasteiger partial charge in [0.1, 0.15) is 0 Å². The number of hydrogen-bond acceptors (Lipinski definition) is 2. The number of nitrogens with one attached hydrogen (secondary N) is 1. The maximum Gasteiger partial charge on any atom is 0.416 e. The van der Waals surface area contributed by atoms with Crippen LogP contribution in [0, 0.1) is 0 Å². The summed E-state index contributed by atoms with van der Waals surface area (Å²) in [6.45, 7) is -0.00245. The van der Waals surface area contributed by atoms with Crippen molar-refractivity contribution in [3.8, 4) is 0 Å². The molecular weight excluding hydrogens is 219 g/mol. The quantitative estimate of drug-likeness (QED) is 0.833. The van der Waals surface area contributed by atoms with Crippen LogP contribution in [0.15, 0.2) is 24.3 Å². The summed E-state index contributed by atoms with van der Waals surface area (Å²) in [4.78, 5) is 0. The van der Waals surface area contributed by atoms with Crippen LogP contribution in [-0.2, 0) is 6.18 Å². The Bertz CT molecular complexity index is 338. The third kappa shape index (κ3) is 2.96. The van der Waals surface area contributed by atoms with Crippen LogP contribution in [0.4, 0.5) is 13.2 Å². The van der Waals surface area contributed by atoms with Gasteiger partial charge in [0.2, 0.25) is 0 Å². The minimum atomic E-state index is -4.38. The van der Waals surface area contributed by atoms with E-state index in [0.29, 0.717) is 6.54 Å². The fourth-order valence-electron chi connectivity index (χ4n) is 1.63. The van der Waals surface area contributed by atoms with E-state index < -0.39 is 17.7 Å². The lowest BCUT2D eigenvalue weighted by atomic mass is 9.94. The molecule has 1 aromatic rings. The Kier molecular flexibility index (Phi) is 4.32. The van der Waals surface area contributed by atoms with Crippen LogP contribution in [0.5, 0.6) is 0 Å². The lowest BCUT2D eigenvalue weighted by Crippen LogP contribution is -2.23. The molecule has 1 aromatic carbocycles. The largest absolute Gasteiger partial charge is 0.416 e. The van der Waals surface area contributed by atoms with Crippen LogP contribution in [-0.4, -0.2) is 25.3 Å². The molecule has 16 heavy (non-hydrogen) atoms. The van der Waals surface area contributed by atoms with Crippen molar-refractivity contribution in [2.75, 3.05) is 20.2 Å². The van der Waals surface area contributed by atoms with Crippen molar-refractivity contribution in [1.29, 1.82) is 0 Å². The molecule has 0 aliphatic rings. The summed E-state index contributed by atoms with van der Waals surface area (Å²) in [7, 11) is 1.64. The molecule has 0 aliphatic carbocycles. The Labute approximate surface area is 92.1 Å². The molecule has 0 fully saturated rings. The van der Waals surface area contributed by atoms with Crippen LogP contribution >= 0.6 is 0 Å². The van der Waals surface area contributed by atoms with Crippen molar-refractivity contribution in [1.82, 2.24) is 5.32 Å². The van der Waals surface area contributed by atoms with Crippen LogP contribution in [0.25, 0.3) is 0 Å². The van der Waals surface area contributed by atoms with Crippen molar-refractivity contribution in [2.24, 2.45) is 0 Å². The van der Waals surface area contributed by atoms with E-state index in [1.807, 2.05) is 0 Å². The topological polar surface area (TPSA) is 32.3 Å². The van der Waals surface area contributed by atoms with Gasteiger partial charge in [0, 0.05) is 12.5 Å². The van der Waals surface area contributed by atoms with E-state index in [9.17, 15) is 13.2 Å². The van der Waals surface area contributed by atoms with Gasteiger partial charge < -0.3 is 10.4 Å². The minimum Gasteiger partial charge on any atom is -0.396 e. The third-order valence-corrected chi connectivity index (χ3v) is 2.38. The SMILES string of the molecule is CNCC(CO)c1ccccc1C(F)(F)F. The van der Waals surface area contributed by atoms with Gasteiger partial charge in [-0.05, 0) is 18.7 Å². The summed E-state index contributed by atoms with van der Waals surface area (Å²) in [5.41, 5.74) is -0.545. The predicted octanol–water partition coefficient (Wildman–Crippen LogP) is 2.00. The molecule has 2 nitrogen and oxygen atoms in total. The Balaban J connectivity index is 3.11. The lowest BCUT2D eigenvalue weighted by Gasteiger charge is -2.19. The zero-order chi connectivity index (χ0) is 12.2. The fourth-order valence-corrected chi connectivity index (χ4v) is 1.63. The standard InChI is InChI=1S/C11H14F3NO/c1-15-6-8(7-16)9-4-2-3-5-10(9)11(12,13)14/h2-5,8,15-16H,6-7H2,1H3. The second-order valence-corrected chi connectivity index (χ2v) is 3.52. The second-order valence-electron chi connectivity index (χ2n) is 3.52. The normalized spacial score (nSPS) is 13.8. The van der Waals surface area contributed by atoms with Gasteiger partial charge >= 0.3 is 6.18 Å². The first-order chi connectivity index (χ1) is 7.50. The average molecular weight is 233 g/mol. The summed E-state index contributed by atoms with van der Waals surface area (Å²) >= 11 is 0. The molecule has 1 rings (SSSR count). The van der Waals surface area contributed by atoms with Gasteiger partial charge in [0.25, 0.3) is 0 Å². The van der Waals surface area contributed by atoms with Crippen LogP contribution in [0.1, 0.15) is 17.0 Å². The van der Waals surface area contributed by atoms with Crippen molar-refractivity contribution in [3.05, 3.63) is 35.4 Å². The zero-order valence-electron chi connectivity index (χ0n) is 8.88. The molecule has 0 saturated carbocycles. The van der Waals surface area contributed by atoms with Gasteiger partial charge in [0.05, 0.1) is 12.2 Å². The zero-order valence-corrected chi connectivity index (χ0v) is 8.88. The Hall–Kier alpha value is -1.07. The first kappa shape index (κ1) is 13.0. The molecule has 0 bridgehead atoms. The van der Waals surface area contributed by atoms with E-state index in [1.54, 1.807) is 13.1 Å². The first-order valence-electron chi connectivity index (χ1n) is 4.92. The Morgan fingerprint density at radius 2 is 1.94 bits per heavy atom. The Morgan fingerprint density at radius 3 is 2.44 bits per heavy atom. The van der Waals surface area contributed by atoms with Gasteiger partial charge in [-0.2, -0.15) is 13.2 Å². The number of rotatable bonds is 4. The van der Waals surface area contributed by atoms with Crippen molar-refractivity contribution >= 4 is 0 Å². The number of alkyl halides is 3. The first-order valence-corrected chi connectivity index (χ1v) is 4.92. The lowest BCUT2D eigenvalue weighted by molar-refractivity contribution is -0.138. The number of halogens is 3. The van der Waals surface area contributed by atoms with E-state index >= 15 is 0 Å². The summed E-state index contributed by atoms with van der Waals surface area (Å²) in [5, 5.41) is 11.9. The molecule has 5 heteroatoms. The van der Waals surface area contributed by atoms with Crippen LogP contribution < -0.4 is 5.32 Å². The highest BCUT2D eigenvalue weighted by atomic mass is 19.4. The monoisotopic (exact) mass is 233 g/mol. The number of aliphatic hydroxyl groups excluding tert-OH is 1. The van der Waals surface area contributed by atoms with Gasteiger partial charge in [-0.1, -0.05) is 18.2 Å². The van der Waals surface area contributed by atoms with E-state index in [0.717, 1.165) is 6.07 Å². The van der Waals surface area contributed by atoms with E-state index in [2.05, 4.69) is 5.32 Å². The average Bonchev–Trinajstić information content (AvgIpc) is 2.25. The van der Waals surface area contributed by atoms with Crippen molar-refractivity contribution in [3.63, 3.8) is 0 Å². The second kappa shape index (κ2) is 5.32. The summed E-state index contributed by atoms with van der Waals surface area (Å²) in [6, 6.07) is 5.33. The molecule has 0 aromatic heterocycles. The van der Waals surface area contributed by atoms with Crippen molar-refractivity contribution in [2.45, 2.75) is 12.1 Å². The molecule has 90 valence electrons. The highest BCUT2D eigenvalue weighted by molar-refractivity contribution is 5.33. The highest BCUT2D eigenvalue weighted by Gasteiger charge is 2.34. The maximum atomic E-state index is 12.7. The number of likely N-dealkylation sites (N-methyl/N-ethyl adjacent to an activating group) is 1. The van der Waals surface area contributed by atoms with E-state index in [4.69, 9.17) is 5.11 Å². The van der Waals surface area contributed by atoms with Crippen LogP contribution in [0.2, 0.25) is 0 Å². The maximum absolute atomic E-state index is 12.7. The van der Waals surface area contributed by atoms with Gasteiger partial charge in [0.15, 0.2) is 0 Å². The molecular formula is C11H14F3NO. The molecule has 1 atom stereocenters. The molecule has 0 saturated heterocycles. The molecule has 0 amide bonds. The smallest absolute Gasteiger partial charge is 0.396 e. The van der Waals surface area contributed by atoms with Gasteiger partial charge in [-0.3, -0.25) is 0 Å². The predicted molar refractivity (Wildman–Crippen MR) is 55.2 cm³/mol. The van der Waals surface area contributed by atoms with Crippen molar-refractivity contribution < 1.29 is 18.3 Å². The summed E-state index contributed by atoms with van der Waals surface area (Å²) in [6.07, 6.45) is -4.38. The van der Waals surface area contributed by atoms with Gasteiger partial charge in [-0.25, -0.2) is 0 Å². The summed E-state index contributed by atoms with van der Waals surface area (Å²) in [5.74, 6) is -0.539. The molecule has 0 aliphatic heterocycles. The van der Waals surface area contributed by atoms with E-state index in [1.165, 1.54) is 12.1 Å². The molecule has 0 heterocycles. The molecule has 0 radical (unpaired) electrons. The molecule has 1 unspecified atom stereocenters. The molecule has 2 N–H and O–H groups in total. The summed E-state index contributed by atoms with van der Waals surface area (Å²) < 4.78 is 38.0. The fraction of sp³-hybridized carbons (Fsp3) is 0.455.